The van der Waals surface area contributed by atoms with Crippen LogP contribution >= 0.6 is 11.3 Å². The molecule has 0 saturated carbocycles. The Morgan fingerprint density at radius 2 is 2.08 bits per heavy atom. The standard InChI is InChI=1S/C19H20N2O2S/c1-12-4-6-14-15(10-20)19(24-18(14)8-12)21-11-13-5-7-16(22-2)17(9-13)23-3/h5,7,9,11-12H,4,6,8H2,1-3H3/t12-/m0/s1. The molecule has 5 heteroatoms. The van der Waals surface area contributed by atoms with Crippen LogP contribution in [0.5, 0.6) is 11.5 Å². The molecule has 0 N–H and O–H groups in total. The van der Waals surface area contributed by atoms with Crippen molar-refractivity contribution in [1.29, 1.82) is 5.26 Å². The Kier molecular flexibility index (Phi) is 4.86. The molecule has 2 aromatic rings. The number of methoxy groups -OCH3 is 2. The van der Waals surface area contributed by atoms with Gasteiger partial charge in [0.2, 0.25) is 0 Å². The molecule has 0 unspecified atom stereocenters. The highest BCUT2D eigenvalue weighted by atomic mass is 32.1. The molecule has 0 fully saturated rings. The van der Waals surface area contributed by atoms with Crippen molar-refractivity contribution >= 4 is 22.6 Å². The number of thiophene rings is 1. The van der Waals surface area contributed by atoms with Crippen molar-refractivity contribution in [3.05, 3.63) is 39.8 Å². The molecule has 24 heavy (non-hydrogen) atoms. The molecule has 0 aliphatic heterocycles. The van der Waals surface area contributed by atoms with E-state index in [1.54, 1.807) is 31.8 Å². The highest BCUT2D eigenvalue weighted by molar-refractivity contribution is 7.16. The molecular formula is C19H20N2O2S. The summed E-state index contributed by atoms with van der Waals surface area (Å²) in [6.45, 7) is 2.27. The van der Waals surface area contributed by atoms with Crippen LogP contribution in [0.3, 0.4) is 0 Å². The second-order valence-corrected chi connectivity index (χ2v) is 7.10. The molecule has 0 saturated heterocycles. The number of nitrogens with zero attached hydrogens (tertiary/aromatic N) is 2. The lowest BCUT2D eigenvalue weighted by molar-refractivity contribution is 0.355. The van der Waals surface area contributed by atoms with Gasteiger partial charge in [-0.2, -0.15) is 5.26 Å². The Morgan fingerprint density at radius 1 is 1.29 bits per heavy atom. The van der Waals surface area contributed by atoms with Crippen LogP contribution in [0.25, 0.3) is 0 Å². The van der Waals surface area contributed by atoms with Gasteiger partial charge in [-0.1, -0.05) is 6.92 Å². The van der Waals surface area contributed by atoms with E-state index in [-0.39, 0.29) is 0 Å². The van der Waals surface area contributed by atoms with Gasteiger partial charge in [-0.05, 0) is 54.5 Å². The second kappa shape index (κ2) is 7.06. The number of fused-ring (bicyclic) bond motifs is 1. The van der Waals surface area contributed by atoms with Crippen molar-refractivity contribution < 1.29 is 9.47 Å². The lowest BCUT2D eigenvalue weighted by Crippen LogP contribution is -2.09. The summed E-state index contributed by atoms with van der Waals surface area (Å²) in [5.74, 6) is 2.04. The van der Waals surface area contributed by atoms with E-state index in [2.05, 4.69) is 18.0 Å². The first-order chi connectivity index (χ1) is 11.7. The highest BCUT2D eigenvalue weighted by Gasteiger charge is 2.23. The van der Waals surface area contributed by atoms with Crippen molar-refractivity contribution in [2.45, 2.75) is 26.2 Å². The maximum Gasteiger partial charge on any atom is 0.161 e. The number of nitriles is 1. The summed E-state index contributed by atoms with van der Waals surface area (Å²) in [5, 5.41) is 10.3. The third-order valence-corrected chi connectivity index (χ3v) is 5.51. The molecule has 1 aliphatic rings. The molecule has 1 heterocycles. The molecule has 3 rings (SSSR count). The van der Waals surface area contributed by atoms with Gasteiger partial charge in [0.15, 0.2) is 11.5 Å². The summed E-state index contributed by atoms with van der Waals surface area (Å²) in [6.07, 6.45) is 4.98. The van der Waals surface area contributed by atoms with Crippen molar-refractivity contribution in [1.82, 2.24) is 0 Å². The first-order valence-electron chi connectivity index (χ1n) is 7.97. The normalized spacial score (nSPS) is 16.7. The van der Waals surface area contributed by atoms with Gasteiger partial charge in [0, 0.05) is 11.1 Å². The predicted molar refractivity (Wildman–Crippen MR) is 97.0 cm³/mol. The van der Waals surface area contributed by atoms with Crippen LogP contribution < -0.4 is 9.47 Å². The van der Waals surface area contributed by atoms with Gasteiger partial charge in [0.05, 0.1) is 19.8 Å². The Balaban J connectivity index is 1.91. The van der Waals surface area contributed by atoms with E-state index >= 15 is 0 Å². The van der Waals surface area contributed by atoms with Gasteiger partial charge in [0.1, 0.15) is 11.1 Å². The van der Waals surface area contributed by atoms with Gasteiger partial charge in [-0.3, -0.25) is 0 Å². The highest BCUT2D eigenvalue weighted by Crippen LogP contribution is 2.40. The lowest BCUT2D eigenvalue weighted by atomic mass is 9.89. The van der Waals surface area contributed by atoms with E-state index in [1.165, 1.54) is 10.4 Å². The summed E-state index contributed by atoms with van der Waals surface area (Å²) in [7, 11) is 3.23. The summed E-state index contributed by atoms with van der Waals surface area (Å²) in [5.41, 5.74) is 2.87. The van der Waals surface area contributed by atoms with Crippen molar-refractivity contribution in [2.24, 2.45) is 10.9 Å². The lowest BCUT2D eigenvalue weighted by Gasteiger charge is -2.17. The fourth-order valence-corrected chi connectivity index (χ4v) is 4.31. The van der Waals surface area contributed by atoms with Crippen LogP contribution in [-0.2, 0) is 12.8 Å². The van der Waals surface area contributed by atoms with Crippen LogP contribution in [0.2, 0.25) is 0 Å². The molecular weight excluding hydrogens is 320 g/mol. The van der Waals surface area contributed by atoms with E-state index in [0.717, 1.165) is 35.4 Å². The van der Waals surface area contributed by atoms with E-state index in [0.29, 0.717) is 17.4 Å². The average Bonchev–Trinajstić information content (AvgIpc) is 2.95. The molecule has 1 aromatic heterocycles. The monoisotopic (exact) mass is 340 g/mol. The summed E-state index contributed by atoms with van der Waals surface area (Å²) < 4.78 is 10.6. The predicted octanol–water partition coefficient (Wildman–Crippen LogP) is 4.51. The molecule has 0 spiro atoms. The minimum absolute atomic E-state index is 0.668. The molecule has 1 aliphatic carbocycles. The van der Waals surface area contributed by atoms with Crippen LogP contribution in [-0.4, -0.2) is 20.4 Å². The quantitative estimate of drug-likeness (QED) is 0.769. The number of aliphatic imine (C=N–C) groups is 1. The van der Waals surface area contributed by atoms with Gasteiger partial charge in [0.25, 0.3) is 0 Å². The van der Waals surface area contributed by atoms with E-state index in [9.17, 15) is 5.26 Å². The minimum atomic E-state index is 0.668. The Bertz CT molecular complexity index is 818. The topological polar surface area (TPSA) is 54.6 Å². The maximum atomic E-state index is 9.52. The molecule has 0 radical (unpaired) electrons. The Morgan fingerprint density at radius 3 is 2.79 bits per heavy atom. The third-order valence-electron chi connectivity index (χ3n) is 4.34. The molecule has 1 aromatic carbocycles. The van der Waals surface area contributed by atoms with Crippen LogP contribution in [0.4, 0.5) is 5.00 Å². The number of hydrogen-bond donors (Lipinski definition) is 0. The smallest absolute Gasteiger partial charge is 0.161 e. The number of hydrogen-bond acceptors (Lipinski definition) is 5. The fraction of sp³-hybridized carbons (Fsp3) is 0.368. The molecule has 0 amide bonds. The SMILES string of the molecule is COc1ccc(C=Nc2sc3c(c2C#N)CC[C@H](C)C3)cc1OC. The van der Waals surface area contributed by atoms with Crippen LogP contribution in [0.15, 0.2) is 23.2 Å². The number of benzene rings is 1. The zero-order valence-corrected chi connectivity index (χ0v) is 14.9. The van der Waals surface area contributed by atoms with Crippen molar-refractivity contribution in [3.63, 3.8) is 0 Å². The van der Waals surface area contributed by atoms with Gasteiger partial charge < -0.3 is 9.47 Å². The zero-order valence-electron chi connectivity index (χ0n) is 14.1. The Labute approximate surface area is 146 Å². The average molecular weight is 340 g/mol. The first kappa shape index (κ1) is 16.5. The summed E-state index contributed by atoms with van der Waals surface area (Å²) in [6, 6.07) is 8.00. The van der Waals surface area contributed by atoms with E-state index in [4.69, 9.17) is 9.47 Å². The van der Waals surface area contributed by atoms with Gasteiger partial charge >= 0.3 is 0 Å². The van der Waals surface area contributed by atoms with Crippen LogP contribution in [0.1, 0.15) is 34.9 Å². The molecule has 4 nitrogen and oxygen atoms in total. The van der Waals surface area contributed by atoms with Gasteiger partial charge in [-0.15, -0.1) is 11.3 Å². The van der Waals surface area contributed by atoms with Crippen molar-refractivity contribution in [2.75, 3.05) is 14.2 Å². The van der Waals surface area contributed by atoms with E-state index < -0.39 is 0 Å². The minimum Gasteiger partial charge on any atom is -0.493 e. The van der Waals surface area contributed by atoms with Crippen LogP contribution in [0, 0.1) is 17.2 Å². The molecule has 1 atom stereocenters. The van der Waals surface area contributed by atoms with Crippen molar-refractivity contribution in [3.8, 4) is 17.6 Å². The first-order valence-corrected chi connectivity index (χ1v) is 8.78. The maximum absolute atomic E-state index is 9.52. The number of rotatable bonds is 4. The third kappa shape index (κ3) is 3.15. The largest absolute Gasteiger partial charge is 0.493 e. The number of ether oxygens (including phenoxy) is 2. The molecule has 0 bridgehead atoms. The summed E-state index contributed by atoms with van der Waals surface area (Å²) >= 11 is 1.65. The fourth-order valence-electron chi connectivity index (χ4n) is 3.01. The molecule has 124 valence electrons. The summed E-state index contributed by atoms with van der Waals surface area (Å²) in [4.78, 5) is 5.91. The second-order valence-electron chi connectivity index (χ2n) is 6.02. The zero-order chi connectivity index (χ0) is 17.1. The van der Waals surface area contributed by atoms with E-state index in [1.807, 2.05) is 18.2 Å². The van der Waals surface area contributed by atoms with Gasteiger partial charge in [-0.25, -0.2) is 4.99 Å². The Hall–Kier alpha value is -2.32.